The van der Waals surface area contributed by atoms with E-state index in [1.54, 1.807) is 43.3 Å². The third-order valence-corrected chi connectivity index (χ3v) is 3.83. The average Bonchev–Trinajstić information content (AvgIpc) is 2.84. The first-order valence-electron chi connectivity index (χ1n) is 8.31. The van der Waals surface area contributed by atoms with Crippen molar-refractivity contribution in [2.75, 3.05) is 11.9 Å². The van der Waals surface area contributed by atoms with Gasteiger partial charge >= 0.3 is 5.97 Å². The molecule has 5 heteroatoms. The topological polar surface area (TPSA) is 64.6 Å². The van der Waals surface area contributed by atoms with Gasteiger partial charge in [-0.25, -0.2) is 4.79 Å². The fraction of sp³-hybridized carbons (Fsp3) is 0.143. The maximum absolute atomic E-state index is 12.6. The van der Waals surface area contributed by atoms with Crippen LogP contribution in [-0.2, 0) is 9.53 Å². The molecule has 0 atom stereocenters. The van der Waals surface area contributed by atoms with Gasteiger partial charge in [0.05, 0.1) is 18.4 Å². The van der Waals surface area contributed by atoms with E-state index in [2.05, 4.69) is 5.32 Å². The number of esters is 1. The number of carbonyl (C=O) groups excluding carboxylic acids is 2. The first kappa shape index (κ1) is 17.5. The van der Waals surface area contributed by atoms with Gasteiger partial charge in [-0.1, -0.05) is 11.6 Å². The van der Waals surface area contributed by atoms with Crippen LogP contribution in [0.3, 0.4) is 0 Å². The van der Waals surface area contributed by atoms with Gasteiger partial charge < -0.3 is 14.8 Å². The van der Waals surface area contributed by atoms with Gasteiger partial charge in [0.1, 0.15) is 5.75 Å². The Hall–Kier alpha value is -3.34. The number of benzene rings is 2. The Morgan fingerprint density at radius 3 is 2.62 bits per heavy atom. The third-order valence-electron chi connectivity index (χ3n) is 3.83. The SMILES string of the molecule is CCOC(=O)c1ccc(NC(=O)C2=Cc3cc(C)ccc3OC=C2)cc1. The summed E-state index contributed by atoms with van der Waals surface area (Å²) in [7, 11) is 0. The third kappa shape index (κ3) is 4.00. The van der Waals surface area contributed by atoms with E-state index < -0.39 is 0 Å². The van der Waals surface area contributed by atoms with Crippen LogP contribution in [-0.4, -0.2) is 18.5 Å². The minimum Gasteiger partial charge on any atom is -0.464 e. The molecular weight excluding hydrogens is 330 g/mol. The van der Waals surface area contributed by atoms with Crippen molar-refractivity contribution in [2.24, 2.45) is 0 Å². The minimum atomic E-state index is -0.385. The molecule has 1 aliphatic heterocycles. The molecule has 0 aliphatic carbocycles. The number of anilines is 1. The van der Waals surface area contributed by atoms with Crippen LogP contribution >= 0.6 is 0 Å². The standard InChI is InChI=1S/C21H19NO4/c1-3-25-21(24)15-5-7-18(8-6-15)22-20(23)16-10-11-26-19-9-4-14(2)12-17(19)13-16/h4-13H,3H2,1-2H3,(H,22,23). The maximum Gasteiger partial charge on any atom is 0.338 e. The van der Waals surface area contributed by atoms with Gasteiger partial charge in [-0.05, 0) is 62.4 Å². The zero-order valence-electron chi connectivity index (χ0n) is 14.6. The number of aryl methyl sites for hydroxylation is 1. The van der Waals surface area contributed by atoms with E-state index >= 15 is 0 Å². The molecule has 0 fully saturated rings. The molecule has 0 spiro atoms. The molecule has 2 aromatic rings. The van der Waals surface area contributed by atoms with Crippen LogP contribution in [0.2, 0.25) is 0 Å². The molecule has 1 heterocycles. The molecule has 0 bridgehead atoms. The summed E-state index contributed by atoms with van der Waals surface area (Å²) in [5.41, 5.74) is 3.43. The molecule has 3 rings (SSSR count). The Morgan fingerprint density at radius 1 is 1.12 bits per heavy atom. The lowest BCUT2D eigenvalue weighted by Crippen LogP contribution is -2.13. The molecule has 1 aliphatic rings. The van der Waals surface area contributed by atoms with Crippen molar-refractivity contribution >= 4 is 23.6 Å². The first-order chi connectivity index (χ1) is 12.6. The van der Waals surface area contributed by atoms with Gasteiger partial charge in [0, 0.05) is 16.8 Å². The van der Waals surface area contributed by atoms with E-state index in [1.165, 1.54) is 6.26 Å². The summed E-state index contributed by atoms with van der Waals surface area (Å²) in [6, 6.07) is 12.4. The molecule has 0 saturated heterocycles. The predicted molar refractivity (Wildman–Crippen MR) is 100.0 cm³/mol. The van der Waals surface area contributed by atoms with E-state index in [9.17, 15) is 9.59 Å². The molecule has 0 unspecified atom stereocenters. The van der Waals surface area contributed by atoms with Gasteiger partial charge in [0.25, 0.3) is 5.91 Å². The van der Waals surface area contributed by atoms with Crippen molar-refractivity contribution < 1.29 is 19.1 Å². The smallest absolute Gasteiger partial charge is 0.338 e. The fourth-order valence-corrected chi connectivity index (χ4v) is 2.53. The van der Waals surface area contributed by atoms with Crippen molar-refractivity contribution in [3.8, 4) is 5.75 Å². The van der Waals surface area contributed by atoms with Crippen LogP contribution in [0.4, 0.5) is 5.69 Å². The highest BCUT2D eigenvalue weighted by Crippen LogP contribution is 2.26. The molecule has 0 radical (unpaired) electrons. The minimum absolute atomic E-state index is 0.261. The first-order valence-corrected chi connectivity index (χ1v) is 8.31. The van der Waals surface area contributed by atoms with Crippen LogP contribution in [0, 0.1) is 6.92 Å². The second-order valence-corrected chi connectivity index (χ2v) is 5.81. The number of amides is 1. The number of ether oxygens (including phenoxy) is 2. The monoisotopic (exact) mass is 349 g/mol. The number of nitrogens with one attached hydrogen (secondary N) is 1. The maximum atomic E-state index is 12.6. The summed E-state index contributed by atoms with van der Waals surface area (Å²) in [6.07, 6.45) is 4.90. The largest absolute Gasteiger partial charge is 0.464 e. The lowest BCUT2D eigenvalue weighted by Gasteiger charge is -2.07. The van der Waals surface area contributed by atoms with E-state index in [0.717, 1.165) is 11.1 Å². The molecule has 1 amide bonds. The quantitative estimate of drug-likeness (QED) is 0.844. The second-order valence-electron chi connectivity index (χ2n) is 5.81. The predicted octanol–water partition coefficient (Wildman–Crippen LogP) is 4.10. The van der Waals surface area contributed by atoms with Crippen molar-refractivity contribution in [1.29, 1.82) is 0 Å². The van der Waals surface area contributed by atoms with Gasteiger partial charge in [0.15, 0.2) is 0 Å². The Labute approximate surface area is 151 Å². The second kappa shape index (κ2) is 7.70. The summed E-state index contributed by atoms with van der Waals surface area (Å²) in [4.78, 5) is 24.2. The summed E-state index contributed by atoms with van der Waals surface area (Å²) in [5, 5.41) is 2.82. The number of hydrogen-bond acceptors (Lipinski definition) is 4. The molecule has 26 heavy (non-hydrogen) atoms. The molecular formula is C21H19NO4. The van der Waals surface area contributed by atoms with Gasteiger partial charge in [0.2, 0.25) is 0 Å². The van der Waals surface area contributed by atoms with Crippen molar-refractivity contribution in [2.45, 2.75) is 13.8 Å². The summed E-state index contributed by atoms with van der Waals surface area (Å²) in [6.45, 7) is 4.06. The fourth-order valence-electron chi connectivity index (χ4n) is 2.53. The summed E-state index contributed by atoms with van der Waals surface area (Å²) in [5.74, 6) is 0.0560. The van der Waals surface area contributed by atoms with Crippen LogP contribution in [0.5, 0.6) is 5.75 Å². The highest BCUT2D eigenvalue weighted by Gasteiger charge is 2.13. The summed E-state index contributed by atoms with van der Waals surface area (Å²) < 4.78 is 10.5. The van der Waals surface area contributed by atoms with E-state index in [-0.39, 0.29) is 11.9 Å². The van der Waals surface area contributed by atoms with Gasteiger partial charge in [-0.15, -0.1) is 0 Å². The van der Waals surface area contributed by atoms with Gasteiger partial charge in [-0.3, -0.25) is 4.79 Å². The highest BCUT2D eigenvalue weighted by atomic mass is 16.5. The van der Waals surface area contributed by atoms with Crippen LogP contribution in [0.15, 0.2) is 60.4 Å². The molecule has 0 saturated carbocycles. The summed E-state index contributed by atoms with van der Waals surface area (Å²) >= 11 is 0. The molecule has 5 nitrogen and oxygen atoms in total. The average molecular weight is 349 g/mol. The zero-order valence-corrected chi connectivity index (χ0v) is 14.6. The zero-order chi connectivity index (χ0) is 18.5. The normalized spacial score (nSPS) is 12.3. The van der Waals surface area contributed by atoms with E-state index in [1.807, 2.05) is 25.1 Å². The van der Waals surface area contributed by atoms with Crippen molar-refractivity contribution in [1.82, 2.24) is 0 Å². The number of rotatable bonds is 4. The Bertz CT molecular complexity index is 895. The lowest BCUT2D eigenvalue weighted by atomic mass is 10.1. The van der Waals surface area contributed by atoms with Crippen LogP contribution in [0.25, 0.3) is 6.08 Å². The molecule has 2 aromatic carbocycles. The van der Waals surface area contributed by atoms with Crippen molar-refractivity contribution in [3.05, 3.63) is 77.1 Å². The van der Waals surface area contributed by atoms with Crippen LogP contribution in [0.1, 0.15) is 28.4 Å². The number of hydrogen-bond donors (Lipinski definition) is 1. The van der Waals surface area contributed by atoms with Gasteiger partial charge in [-0.2, -0.15) is 0 Å². The number of fused-ring (bicyclic) bond motifs is 1. The molecule has 1 N–H and O–H groups in total. The highest BCUT2D eigenvalue weighted by molar-refractivity contribution is 6.09. The Kier molecular flexibility index (Phi) is 5.17. The van der Waals surface area contributed by atoms with E-state index in [4.69, 9.17) is 9.47 Å². The number of carbonyl (C=O) groups is 2. The van der Waals surface area contributed by atoms with Crippen molar-refractivity contribution in [3.63, 3.8) is 0 Å². The molecule has 132 valence electrons. The van der Waals surface area contributed by atoms with E-state index in [0.29, 0.717) is 29.2 Å². The molecule has 0 aromatic heterocycles. The Balaban J connectivity index is 1.76. The lowest BCUT2D eigenvalue weighted by molar-refractivity contribution is -0.112. The van der Waals surface area contributed by atoms with Crippen LogP contribution < -0.4 is 10.1 Å². The Morgan fingerprint density at radius 2 is 1.88 bits per heavy atom.